The van der Waals surface area contributed by atoms with Gasteiger partial charge in [0.05, 0.1) is 23.9 Å². The summed E-state index contributed by atoms with van der Waals surface area (Å²) in [6.07, 6.45) is 5.18. The molecule has 134 valence electrons. The van der Waals surface area contributed by atoms with Crippen LogP contribution in [0.25, 0.3) is 10.9 Å². The number of nitrogens with one attached hydrogen (secondary N) is 1. The molecule has 0 atom stereocenters. The molecule has 4 aromatic rings. The van der Waals surface area contributed by atoms with Gasteiger partial charge >= 0.3 is 6.03 Å². The summed E-state index contributed by atoms with van der Waals surface area (Å²) in [7, 11) is 0. The Bertz CT molecular complexity index is 1030. The van der Waals surface area contributed by atoms with E-state index in [1.54, 1.807) is 34.8 Å². The van der Waals surface area contributed by atoms with Gasteiger partial charge in [-0.2, -0.15) is 11.3 Å². The standard InChI is InChI=1S/C21H18N4OS/c26-21(24-12-17-7-10-23-20-6-2-1-5-19(17)20)25(14-16-8-11-27-15-16)18-4-3-9-22-13-18/h1-11,13,15H,12,14H2,(H,24,26). The zero-order valence-electron chi connectivity index (χ0n) is 14.6. The van der Waals surface area contributed by atoms with Crippen LogP contribution in [0.15, 0.2) is 77.9 Å². The number of pyridine rings is 2. The summed E-state index contributed by atoms with van der Waals surface area (Å²) in [4.78, 5) is 23.2. The lowest BCUT2D eigenvalue weighted by Gasteiger charge is -2.22. The number of amides is 2. The highest BCUT2D eigenvalue weighted by molar-refractivity contribution is 7.07. The Morgan fingerprint density at radius 3 is 2.81 bits per heavy atom. The van der Waals surface area contributed by atoms with Gasteiger partial charge in [0.15, 0.2) is 0 Å². The van der Waals surface area contributed by atoms with Crippen LogP contribution < -0.4 is 10.2 Å². The molecule has 2 amide bonds. The summed E-state index contributed by atoms with van der Waals surface area (Å²) in [5, 5.41) is 8.14. The van der Waals surface area contributed by atoms with E-state index in [4.69, 9.17) is 0 Å². The molecule has 27 heavy (non-hydrogen) atoms. The summed E-state index contributed by atoms with van der Waals surface area (Å²) in [5.74, 6) is 0. The lowest BCUT2D eigenvalue weighted by atomic mass is 10.1. The van der Waals surface area contributed by atoms with Crippen LogP contribution in [0.2, 0.25) is 0 Å². The molecule has 0 aliphatic carbocycles. The normalized spacial score (nSPS) is 10.7. The fourth-order valence-corrected chi connectivity index (χ4v) is 3.59. The number of urea groups is 1. The third-order valence-corrected chi connectivity index (χ3v) is 5.02. The van der Waals surface area contributed by atoms with Crippen LogP contribution in [0, 0.1) is 0 Å². The highest BCUT2D eigenvalue weighted by Gasteiger charge is 2.17. The molecule has 4 rings (SSSR count). The summed E-state index contributed by atoms with van der Waals surface area (Å²) >= 11 is 1.62. The monoisotopic (exact) mass is 374 g/mol. The van der Waals surface area contributed by atoms with E-state index in [0.717, 1.165) is 27.7 Å². The number of aromatic nitrogens is 2. The van der Waals surface area contributed by atoms with Crippen molar-refractivity contribution in [1.29, 1.82) is 0 Å². The number of thiophene rings is 1. The SMILES string of the molecule is O=C(NCc1ccnc2ccccc12)N(Cc1ccsc1)c1cccnc1. The molecule has 1 N–H and O–H groups in total. The third kappa shape index (κ3) is 3.96. The minimum absolute atomic E-state index is 0.157. The summed E-state index contributed by atoms with van der Waals surface area (Å²) < 4.78 is 0. The lowest BCUT2D eigenvalue weighted by molar-refractivity contribution is 0.245. The number of hydrogen-bond acceptors (Lipinski definition) is 4. The maximum Gasteiger partial charge on any atom is 0.322 e. The number of rotatable bonds is 5. The largest absolute Gasteiger partial charge is 0.334 e. The second kappa shape index (κ2) is 7.97. The first kappa shape index (κ1) is 17.2. The van der Waals surface area contributed by atoms with Gasteiger partial charge in [0.25, 0.3) is 0 Å². The Kier molecular flexibility index (Phi) is 5.07. The van der Waals surface area contributed by atoms with Crippen LogP contribution in [0.4, 0.5) is 10.5 Å². The number of fused-ring (bicyclic) bond motifs is 1. The quantitative estimate of drug-likeness (QED) is 0.555. The van der Waals surface area contributed by atoms with Gasteiger partial charge in [0, 0.05) is 24.3 Å². The molecule has 0 aliphatic rings. The zero-order valence-corrected chi connectivity index (χ0v) is 15.4. The number of carbonyl (C=O) groups is 1. The van der Waals surface area contributed by atoms with Crippen LogP contribution in [0.1, 0.15) is 11.1 Å². The van der Waals surface area contributed by atoms with E-state index in [-0.39, 0.29) is 6.03 Å². The molecular weight excluding hydrogens is 356 g/mol. The van der Waals surface area contributed by atoms with Crippen molar-refractivity contribution in [3.05, 3.63) is 89.0 Å². The highest BCUT2D eigenvalue weighted by atomic mass is 32.1. The molecule has 0 spiro atoms. The Labute approximate surface area is 161 Å². The Morgan fingerprint density at radius 2 is 2.00 bits per heavy atom. The Morgan fingerprint density at radius 1 is 1.07 bits per heavy atom. The predicted octanol–water partition coefficient (Wildman–Crippen LogP) is 4.61. The molecule has 0 aliphatic heterocycles. The lowest BCUT2D eigenvalue weighted by Crippen LogP contribution is -2.39. The Hall–Kier alpha value is -3.25. The fourth-order valence-electron chi connectivity index (χ4n) is 2.93. The fraction of sp³-hybridized carbons (Fsp3) is 0.0952. The highest BCUT2D eigenvalue weighted by Crippen LogP contribution is 2.19. The maximum absolute atomic E-state index is 13.0. The van der Waals surface area contributed by atoms with Gasteiger partial charge in [-0.1, -0.05) is 18.2 Å². The molecule has 0 fully saturated rings. The van der Waals surface area contributed by atoms with Crippen molar-refractivity contribution in [2.24, 2.45) is 0 Å². The first-order valence-corrected chi connectivity index (χ1v) is 9.54. The van der Waals surface area contributed by atoms with Gasteiger partial charge in [-0.3, -0.25) is 14.9 Å². The number of benzene rings is 1. The molecule has 5 nitrogen and oxygen atoms in total. The van der Waals surface area contributed by atoms with E-state index < -0.39 is 0 Å². The number of nitrogens with zero attached hydrogens (tertiary/aromatic N) is 3. The van der Waals surface area contributed by atoms with Crippen molar-refractivity contribution in [1.82, 2.24) is 15.3 Å². The molecule has 6 heteroatoms. The van der Waals surface area contributed by atoms with Crippen LogP contribution in [-0.2, 0) is 13.1 Å². The topological polar surface area (TPSA) is 58.1 Å². The first-order chi connectivity index (χ1) is 13.3. The van der Waals surface area contributed by atoms with E-state index in [0.29, 0.717) is 13.1 Å². The Balaban J connectivity index is 1.54. The number of carbonyl (C=O) groups excluding carboxylic acids is 1. The van der Waals surface area contributed by atoms with Crippen molar-refractivity contribution in [3.8, 4) is 0 Å². The number of hydrogen-bond donors (Lipinski definition) is 1. The zero-order chi connectivity index (χ0) is 18.5. The molecule has 0 saturated carbocycles. The van der Waals surface area contributed by atoms with Gasteiger partial charge in [-0.25, -0.2) is 4.79 Å². The van der Waals surface area contributed by atoms with Gasteiger partial charge in [0.1, 0.15) is 0 Å². The third-order valence-electron chi connectivity index (χ3n) is 4.29. The van der Waals surface area contributed by atoms with Crippen LogP contribution in [-0.4, -0.2) is 16.0 Å². The van der Waals surface area contributed by atoms with Gasteiger partial charge in [-0.05, 0) is 52.2 Å². The minimum Gasteiger partial charge on any atom is -0.334 e. The van der Waals surface area contributed by atoms with E-state index in [2.05, 4.69) is 15.3 Å². The van der Waals surface area contributed by atoms with Crippen molar-refractivity contribution in [3.63, 3.8) is 0 Å². The predicted molar refractivity (Wildman–Crippen MR) is 109 cm³/mol. The molecule has 0 bridgehead atoms. The first-order valence-electron chi connectivity index (χ1n) is 8.60. The van der Waals surface area contributed by atoms with Crippen molar-refractivity contribution in [2.45, 2.75) is 13.1 Å². The van der Waals surface area contributed by atoms with Gasteiger partial charge < -0.3 is 5.32 Å². The van der Waals surface area contributed by atoms with Crippen molar-refractivity contribution < 1.29 is 4.79 Å². The summed E-state index contributed by atoms with van der Waals surface area (Å²) in [5.41, 5.74) is 3.82. The van der Waals surface area contributed by atoms with Crippen molar-refractivity contribution in [2.75, 3.05) is 4.90 Å². The van der Waals surface area contributed by atoms with E-state index >= 15 is 0 Å². The van der Waals surface area contributed by atoms with E-state index in [1.807, 2.05) is 59.3 Å². The number of anilines is 1. The van der Waals surface area contributed by atoms with Gasteiger partial charge in [0.2, 0.25) is 0 Å². The van der Waals surface area contributed by atoms with Crippen LogP contribution in [0.5, 0.6) is 0 Å². The second-order valence-electron chi connectivity index (χ2n) is 6.07. The molecule has 0 saturated heterocycles. The molecule has 3 heterocycles. The minimum atomic E-state index is -0.157. The van der Waals surface area contributed by atoms with Crippen LogP contribution in [0.3, 0.4) is 0 Å². The summed E-state index contributed by atoms with van der Waals surface area (Å²) in [6, 6.07) is 15.5. The number of para-hydroxylation sites is 1. The summed E-state index contributed by atoms with van der Waals surface area (Å²) in [6.45, 7) is 0.931. The van der Waals surface area contributed by atoms with E-state index in [9.17, 15) is 4.79 Å². The molecule has 0 radical (unpaired) electrons. The second-order valence-corrected chi connectivity index (χ2v) is 6.85. The van der Waals surface area contributed by atoms with Crippen LogP contribution >= 0.6 is 11.3 Å². The molecular formula is C21H18N4OS. The van der Waals surface area contributed by atoms with Crippen molar-refractivity contribution >= 4 is 34.0 Å². The smallest absolute Gasteiger partial charge is 0.322 e. The van der Waals surface area contributed by atoms with E-state index in [1.165, 1.54) is 0 Å². The maximum atomic E-state index is 13.0. The molecule has 1 aromatic carbocycles. The molecule has 0 unspecified atom stereocenters. The average Bonchev–Trinajstić information content (AvgIpc) is 3.24. The average molecular weight is 374 g/mol. The molecule has 3 aromatic heterocycles. The van der Waals surface area contributed by atoms with Gasteiger partial charge in [-0.15, -0.1) is 0 Å².